The van der Waals surface area contributed by atoms with Gasteiger partial charge in [-0.3, -0.25) is 0 Å². The van der Waals surface area contributed by atoms with E-state index in [2.05, 4.69) is 64.1 Å². The molecular weight excluding hydrogens is 278 g/mol. The molecule has 0 atom stereocenters. The summed E-state index contributed by atoms with van der Waals surface area (Å²) in [6.45, 7) is 6.29. The number of nitrogens with one attached hydrogen (secondary N) is 1. The molecule has 0 unspecified atom stereocenters. The highest BCUT2D eigenvalue weighted by molar-refractivity contribution is 9.10. The molecule has 17 heavy (non-hydrogen) atoms. The number of anilines is 2. The molecule has 0 saturated heterocycles. The van der Waals surface area contributed by atoms with Gasteiger partial charge >= 0.3 is 0 Å². The topological polar surface area (TPSA) is 37.8 Å². The molecule has 1 N–H and O–H groups in total. The maximum absolute atomic E-state index is 4.21. The molecule has 1 aromatic heterocycles. The number of hydrogen-bond donors (Lipinski definition) is 1. The first-order valence-corrected chi connectivity index (χ1v) is 6.17. The van der Waals surface area contributed by atoms with Gasteiger partial charge in [0.1, 0.15) is 12.1 Å². The van der Waals surface area contributed by atoms with Crippen LogP contribution in [0.15, 0.2) is 29.1 Å². The van der Waals surface area contributed by atoms with E-state index in [1.54, 1.807) is 6.20 Å². The number of benzene rings is 1. The van der Waals surface area contributed by atoms with Crippen LogP contribution in [0, 0.1) is 20.8 Å². The Bertz CT molecular complexity index is 529. The normalized spacial score (nSPS) is 10.4. The summed E-state index contributed by atoms with van der Waals surface area (Å²) in [6.07, 6.45) is 3.26. The fraction of sp³-hybridized carbons (Fsp3) is 0.231. The molecule has 0 bridgehead atoms. The van der Waals surface area contributed by atoms with E-state index in [1.165, 1.54) is 23.0 Å². The predicted molar refractivity (Wildman–Crippen MR) is 73.7 cm³/mol. The summed E-state index contributed by atoms with van der Waals surface area (Å²) in [4.78, 5) is 8.16. The van der Waals surface area contributed by atoms with Crippen LogP contribution in [-0.4, -0.2) is 9.97 Å². The van der Waals surface area contributed by atoms with E-state index >= 15 is 0 Å². The van der Waals surface area contributed by atoms with Crippen molar-refractivity contribution in [1.82, 2.24) is 9.97 Å². The average Bonchev–Trinajstić information content (AvgIpc) is 2.25. The van der Waals surface area contributed by atoms with Crippen molar-refractivity contribution < 1.29 is 0 Å². The first kappa shape index (κ1) is 12.0. The molecule has 0 fully saturated rings. The van der Waals surface area contributed by atoms with E-state index in [9.17, 15) is 0 Å². The molecule has 1 aromatic carbocycles. The van der Waals surface area contributed by atoms with Gasteiger partial charge in [-0.2, -0.15) is 0 Å². The fourth-order valence-electron chi connectivity index (χ4n) is 1.90. The van der Waals surface area contributed by atoms with Gasteiger partial charge in [0.2, 0.25) is 0 Å². The second kappa shape index (κ2) is 4.84. The first-order chi connectivity index (χ1) is 8.08. The van der Waals surface area contributed by atoms with Crippen LogP contribution in [-0.2, 0) is 0 Å². The maximum atomic E-state index is 4.21. The molecule has 2 aromatic rings. The van der Waals surface area contributed by atoms with Gasteiger partial charge in [0, 0.05) is 11.9 Å². The molecule has 0 amide bonds. The monoisotopic (exact) mass is 291 g/mol. The van der Waals surface area contributed by atoms with E-state index in [-0.39, 0.29) is 0 Å². The Kier molecular flexibility index (Phi) is 3.43. The van der Waals surface area contributed by atoms with Gasteiger partial charge in [0.05, 0.1) is 4.47 Å². The third-order valence-electron chi connectivity index (χ3n) is 2.59. The minimum absolute atomic E-state index is 0.787. The van der Waals surface area contributed by atoms with Crippen LogP contribution in [0.4, 0.5) is 11.5 Å². The Labute approximate surface area is 109 Å². The van der Waals surface area contributed by atoms with Gasteiger partial charge in [-0.05, 0) is 47.8 Å². The zero-order chi connectivity index (χ0) is 12.4. The lowest BCUT2D eigenvalue weighted by molar-refractivity contribution is 1.15. The lowest BCUT2D eigenvalue weighted by Crippen LogP contribution is -2.00. The largest absolute Gasteiger partial charge is 0.339 e. The van der Waals surface area contributed by atoms with Gasteiger partial charge in [-0.1, -0.05) is 17.7 Å². The predicted octanol–water partition coefficient (Wildman–Crippen LogP) is 3.91. The number of aromatic nitrogens is 2. The van der Waals surface area contributed by atoms with Gasteiger partial charge < -0.3 is 5.32 Å². The quantitative estimate of drug-likeness (QED) is 0.912. The van der Waals surface area contributed by atoms with Crippen molar-refractivity contribution in [3.05, 3.63) is 45.8 Å². The van der Waals surface area contributed by atoms with E-state index in [4.69, 9.17) is 0 Å². The summed E-state index contributed by atoms with van der Waals surface area (Å²) in [6, 6.07) is 4.31. The standard InChI is InChI=1S/C13H14BrN3/c1-8-4-9(2)12(10(3)5-8)17-13-11(14)6-15-7-16-13/h4-7H,1-3H3,(H,15,16,17). The SMILES string of the molecule is Cc1cc(C)c(Nc2ncncc2Br)c(C)c1. The molecule has 4 heteroatoms. The second-order valence-corrected chi connectivity index (χ2v) is 4.97. The smallest absolute Gasteiger partial charge is 0.148 e. The summed E-state index contributed by atoms with van der Waals surface area (Å²) in [5.41, 5.74) is 4.81. The molecule has 0 radical (unpaired) electrons. The number of rotatable bonds is 2. The summed E-state index contributed by atoms with van der Waals surface area (Å²) in [5, 5.41) is 3.34. The Balaban J connectivity index is 2.40. The molecular formula is C13H14BrN3. The summed E-state index contributed by atoms with van der Waals surface area (Å²) in [5.74, 6) is 0.787. The lowest BCUT2D eigenvalue weighted by Gasteiger charge is -2.13. The lowest BCUT2D eigenvalue weighted by atomic mass is 10.1. The molecule has 3 nitrogen and oxygen atoms in total. The molecule has 0 aliphatic rings. The zero-order valence-electron chi connectivity index (χ0n) is 10.1. The summed E-state index contributed by atoms with van der Waals surface area (Å²) in [7, 11) is 0. The van der Waals surface area contributed by atoms with Gasteiger partial charge in [-0.25, -0.2) is 9.97 Å². The van der Waals surface area contributed by atoms with Crippen LogP contribution in [0.25, 0.3) is 0 Å². The van der Waals surface area contributed by atoms with Crippen LogP contribution < -0.4 is 5.32 Å². The van der Waals surface area contributed by atoms with Gasteiger partial charge in [0.25, 0.3) is 0 Å². The molecule has 0 aliphatic carbocycles. The Morgan fingerprint density at radius 2 is 1.76 bits per heavy atom. The summed E-state index contributed by atoms with van der Waals surface area (Å²) < 4.78 is 0.861. The minimum atomic E-state index is 0.787. The second-order valence-electron chi connectivity index (χ2n) is 4.12. The number of halogens is 1. The highest BCUT2D eigenvalue weighted by Crippen LogP contribution is 2.27. The highest BCUT2D eigenvalue weighted by atomic mass is 79.9. The van der Waals surface area contributed by atoms with Crippen molar-refractivity contribution in [3.63, 3.8) is 0 Å². The number of nitrogens with zero attached hydrogens (tertiary/aromatic N) is 2. The van der Waals surface area contributed by atoms with Crippen LogP contribution in [0.3, 0.4) is 0 Å². The van der Waals surface area contributed by atoms with Crippen LogP contribution >= 0.6 is 15.9 Å². The van der Waals surface area contributed by atoms with Crippen LogP contribution in [0.1, 0.15) is 16.7 Å². The first-order valence-electron chi connectivity index (χ1n) is 5.38. The molecule has 0 aliphatic heterocycles. The van der Waals surface area contributed by atoms with Gasteiger partial charge in [-0.15, -0.1) is 0 Å². The molecule has 88 valence electrons. The third-order valence-corrected chi connectivity index (χ3v) is 3.17. The number of hydrogen-bond acceptors (Lipinski definition) is 3. The van der Waals surface area contributed by atoms with E-state index in [0.29, 0.717) is 0 Å². The molecule has 2 rings (SSSR count). The average molecular weight is 292 g/mol. The third kappa shape index (κ3) is 2.64. The van der Waals surface area contributed by atoms with Crippen LogP contribution in [0.2, 0.25) is 0 Å². The van der Waals surface area contributed by atoms with Crippen molar-refractivity contribution in [2.45, 2.75) is 20.8 Å². The van der Waals surface area contributed by atoms with Crippen molar-refractivity contribution in [3.8, 4) is 0 Å². The maximum Gasteiger partial charge on any atom is 0.148 e. The molecule has 0 saturated carbocycles. The van der Waals surface area contributed by atoms with Crippen LogP contribution in [0.5, 0.6) is 0 Å². The Morgan fingerprint density at radius 1 is 1.12 bits per heavy atom. The highest BCUT2D eigenvalue weighted by Gasteiger charge is 2.07. The Morgan fingerprint density at radius 3 is 2.35 bits per heavy atom. The molecule has 1 heterocycles. The summed E-state index contributed by atoms with van der Waals surface area (Å²) >= 11 is 3.43. The van der Waals surface area contributed by atoms with E-state index < -0.39 is 0 Å². The zero-order valence-corrected chi connectivity index (χ0v) is 11.7. The van der Waals surface area contributed by atoms with E-state index in [1.807, 2.05) is 0 Å². The fourth-order valence-corrected chi connectivity index (χ4v) is 2.22. The van der Waals surface area contributed by atoms with Crippen molar-refractivity contribution >= 4 is 27.4 Å². The Hall–Kier alpha value is -1.42. The van der Waals surface area contributed by atoms with Crippen molar-refractivity contribution in [2.24, 2.45) is 0 Å². The number of aryl methyl sites for hydroxylation is 3. The minimum Gasteiger partial charge on any atom is -0.339 e. The van der Waals surface area contributed by atoms with Crippen molar-refractivity contribution in [2.75, 3.05) is 5.32 Å². The molecule has 0 spiro atoms. The van der Waals surface area contributed by atoms with Gasteiger partial charge in [0.15, 0.2) is 0 Å². The van der Waals surface area contributed by atoms with E-state index in [0.717, 1.165) is 16.0 Å². The van der Waals surface area contributed by atoms with Crippen molar-refractivity contribution in [1.29, 1.82) is 0 Å².